The van der Waals surface area contributed by atoms with Gasteiger partial charge in [-0.15, -0.1) is 0 Å². The fourth-order valence-corrected chi connectivity index (χ4v) is 4.90. The van der Waals surface area contributed by atoms with Crippen molar-refractivity contribution < 1.29 is 14.1 Å². The summed E-state index contributed by atoms with van der Waals surface area (Å²) in [7, 11) is 0. The van der Waals surface area contributed by atoms with Crippen LogP contribution in [-0.2, 0) is 10.2 Å². The number of aromatic nitrogens is 3. The minimum Gasteiger partial charge on any atom is -0.349 e. The summed E-state index contributed by atoms with van der Waals surface area (Å²) in [5.74, 6) is 0.901. The van der Waals surface area contributed by atoms with Crippen LogP contribution in [0.4, 0.5) is 0 Å². The number of aryl methyl sites for hydroxylation is 1. The summed E-state index contributed by atoms with van der Waals surface area (Å²) >= 11 is 0. The van der Waals surface area contributed by atoms with Gasteiger partial charge in [-0.1, -0.05) is 41.6 Å². The topological polar surface area (TPSA) is 101 Å². The average molecular weight is 496 g/mol. The summed E-state index contributed by atoms with van der Waals surface area (Å²) < 4.78 is 5.21. The molecule has 4 aromatic rings. The van der Waals surface area contributed by atoms with Gasteiger partial charge < -0.3 is 14.7 Å². The zero-order valence-electron chi connectivity index (χ0n) is 20.9. The average Bonchev–Trinajstić information content (AvgIpc) is 3.40. The van der Waals surface area contributed by atoms with E-state index in [1.54, 1.807) is 31.5 Å². The maximum atomic E-state index is 13.8. The molecule has 0 aliphatic carbocycles. The number of hydrogen-bond acceptors (Lipinski definition) is 6. The van der Waals surface area contributed by atoms with Crippen molar-refractivity contribution in [1.29, 1.82) is 0 Å². The molecule has 0 saturated carbocycles. The molecule has 0 bridgehead atoms. The van der Waals surface area contributed by atoms with Crippen LogP contribution in [0.3, 0.4) is 0 Å². The first kappa shape index (κ1) is 24.4. The van der Waals surface area contributed by atoms with Crippen LogP contribution in [0.25, 0.3) is 11.5 Å². The van der Waals surface area contributed by atoms with Gasteiger partial charge >= 0.3 is 0 Å². The lowest BCUT2D eigenvalue weighted by molar-refractivity contribution is -0.129. The Morgan fingerprint density at radius 3 is 2.35 bits per heavy atom. The van der Waals surface area contributed by atoms with Gasteiger partial charge in [0.1, 0.15) is 0 Å². The molecule has 8 nitrogen and oxygen atoms in total. The van der Waals surface area contributed by atoms with Gasteiger partial charge in [-0.3, -0.25) is 14.6 Å². The summed E-state index contributed by atoms with van der Waals surface area (Å²) in [6.45, 7) is 4.68. The molecule has 1 fully saturated rings. The number of pyridine rings is 1. The van der Waals surface area contributed by atoms with Crippen molar-refractivity contribution >= 4 is 11.8 Å². The predicted octanol–water partition coefficient (Wildman–Crippen LogP) is 4.49. The van der Waals surface area contributed by atoms with E-state index in [2.05, 4.69) is 20.4 Å². The van der Waals surface area contributed by atoms with Gasteiger partial charge in [-0.25, -0.2) is 0 Å². The third-order valence-electron chi connectivity index (χ3n) is 7.10. The van der Waals surface area contributed by atoms with E-state index in [1.165, 1.54) is 0 Å². The maximum absolute atomic E-state index is 13.8. The van der Waals surface area contributed by atoms with E-state index in [0.717, 1.165) is 16.7 Å². The Hall–Kier alpha value is -4.33. The SMILES string of the molecule is Cc1noc(-c2ccc(C(=O)N3CCC(C(=O)NC(C)c4cccnc4)(c4ccccc4)CC3)cc2)n1. The maximum Gasteiger partial charge on any atom is 0.257 e. The number of nitrogens with zero attached hydrogens (tertiary/aromatic N) is 4. The van der Waals surface area contributed by atoms with E-state index in [4.69, 9.17) is 4.52 Å². The molecule has 0 spiro atoms. The van der Waals surface area contributed by atoms with E-state index in [9.17, 15) is 9.59 Å². The van der Waals surface area contributed by atoms with Gasteiger partial charge in [-0.05, 0) is 68.1 Å². The molecular formula is C29H29N5O3. The lowest BCUT2D eigenvalue weighted by Gasteiger charge is -2.41. The second-order valence-electron chi connectivity index (χ2n) is 9.45. The standard InChI is InChI=1S/C29H29N5O3/c1-20(24-7-6-16-30-19-24)31-28(36)29(25-8-4-3-5-9-25)14-17-34(18-15-29)27(35)23-12-10-22(11-13-23)26-32-21(2)33-37-26/h3-13,16,19-20H,14-15,17-18H2,1-2H3,(H,31,36). The molecule has 1 saturated heterocycles. The Bertz CT molecular complexity index is 1360. The summed E-state index contributed by atoms with van der Waals surface area (Å²) in [6, 6.07) is 20.7. The van der Waals surface area contributed by atoms with Crippen molar-refractivity contribution in [3.8, 4) is 11.5 Å². The van der Waals surface area contributed by atoms with Crippen molar-refractivity contribution in [3.05, 3.63) is 102 Å². The first-order valence-electron chi connectivity index (χ1n) is 12.4. The minimum atomic E-state index is -0.714. The Morgan fingerprint density at radius 1 is 1.00 bits per heavy atom. The molecule has 1 unspecified atom stereocenters. The molecule has 2 aromatic carbocycles. The normalized spacial score (nSPS) is 15.7. The zero-order chi connectivity index (χ0) is 25.8. The van der Waals surface area contributed by atoms with E-state index < -0.39 is 5.41 Å². The molecular weight excluding hydrogens is 466 g/mol. The first-order chi connectivity index (χ1) is 18.0. The van der Waals surface area contributed by atoms with Crippen molar-refractivity contribution in [3.63, 3.8) is 0 Å². The molecule has 2 amide bonds. The monoisotopic (exact) mass is 495 g/mol. The predicted molar refractivity (Wildman–Crippen MR) is 139 cm³/mol. The van der Waals surface area contributed by atoms with Crippen LogP contribution >= 0.6 is 0 Å². The molecule has 3 heterocycles. The zero-order valence-corrected chi connectivity index (χ0v) is 20.9. The van der Waals surface area contributed by atoms with Gasteiger partial charge in [0, 0.05) is 36.6 Å². The largest absolute Gasteiger partial charge is 0.349 e. The van der Waals surface area contributed by atoms with Gasteiger partial charge in [-0.2, -0.15) is 4.98 Å². The van der Waals surface area contributed by atoms with E-state index in [0.29, 0.717) is 43.2 Å². The molecule has 8 heteroatoms. The molecule has 1 aliphatic rings. The number of benzene rings is 2. The molecule has 5 rings (SSSR count). The van der Waals surface area contributed by atoms with Crippen LogP contribution in [0, 0.1) is 6.92 Å². The fourth-order valence-electron chi connectivity index (χ4n) is 4.90. The van der Waals surface area contributed by atoms with Crippen molar-refractivity contribution in [2.45, 2.75) is 38.1 Å². The third-order valence-corrected chi connectivity index (χ3v) is 7.10. The number of amides is 2. The Labute approximate surface area is 215 Å². The first-order valence-corrected chi connectivity index (χ1v) is 12.4. The highest BCUT2D eigenvalue weighted by atomic mass is 16.5. The van der Waals surface area contributed by atoms with Gasteiger partial charge in [0.25, 0.3) is 11.8 Å². The molecule has 37 heavy (non-hydrogen) atoms. The number of rotatable bonds is 6. The summed E-state index contributed by atoms with van der Waals surface area (Å²) in [4.78, 5) is 37.3. The number of piperidine rings is 1. The fraction of sp³-hybridized carbons (Fsp3) is 0.276. The minimum absolute atomic E-state index is 0.0265. The lowest BCUT2D eigenvalue weighted by Crippen LogP contribution is -2.53. The summed E-state index contributed by atoms with van der Waals surface area (Å²) in [5, 5.41) is 7.02. The Kier molecular flexibility index (Phi) is 6.81. The Balaban J connectivity index is 1.31. The highest BCUT2D eigenvalue weighted by molar-refractivity contribution is 5.95. The van der Waals surface area contributed by atoms with Crippen LogP contribution in [0.2, 0.25) is 0 Å². The van der Waals surface area contributed by atoms with Crippen molar-refractivity contribution in [2.24, 2.45) is 0 Å². The lowest BCUT2D eigenvalue weighted by atomic mass is 9.71. The number of likely N-dealkylation sites (tertiary alicyclic amines) is 1. The highest BCUT2D eigenvalue weighted by Crippen LogP contribution is 2.37. The highest BCUT2D eigenvalue weighted by Gasteiger charge is 2.44. The molecule has 2 aromatic heterocycles. The van der Waals surface area contributed by atoms with Crippen LogP contribution in [0.5, 0.6) is 0 Å². The smallest absolute Gasteiger partial charge is 0.257 e. The van der Waals surface area contributed by atoms with Crippen molar-refractivity contribution in [2.75, 3.05) is 13.1 Å². The number of carbonyl (C=O) groups is 2. The van der Waals surface area contributed by atoms with Gasteiger partial charge in [0.2, 0.25) is 5.91 Å². The van der Waals surface area contributed by atoms with Crippen LogP contribution in [0.1, 0.15) is 53.1 Å². The number of nitrogens with one attached hydrogen (secondary N) is 1. The van der Waals surface area contributed by atoms with Crippen LogP contribution in [-0.4, -0.2) is 44.9 Å². The Morgan fingerprint density at radius 2 is 1.73 bits per heavy atom. The number of carbonyl (C=O) groups excluding carboxylic acids is 2. The number of hydrogen-bond donors (Lipinski definition) is 1. The second kappa shape index (κ2) is 10.3. The van der Waals surface area contributed by atoms with E-state index in [1.807, 2.05) is 66.4 Å². The molecule has 1 aliphatic heterocycles. The molecule has 188 valence electrons. The third kappa shape index (κ3) is 5.00. The summed E-state index contributed by atoms with van der Waals surface area (Å²) in [5.41, 5.74) is 2.55. The molecule has 1 atom stereocenters. The van der Waals surface area contributed by atoms with Crippen LogP contribution in [0.15, 0.2) is 83.6 Å². The quantitative estimate of drug-likeness (QED) is 0.423. The van der Waals surface area contributed by atoms with Crippen LogP contribution < -0.4 is 5.32 Å². The summed E-state index contributed by atoms with van der Waals surface area (Å²) in [6.07, 6.45) is 4.56. The molecule has 0 radical (unpaired) electrons. The van der Waals surface area contributed by atoms with E-state index in [-0.39, 0.29) is 17.9 Å². The van der Waals surface area contributed by atoms with Crippen molar-refractivity contribution in [1.82, 2.24) is 25.3 Å². The van der Waals surface area contributed by atoms with Gasteiger partial charge in [0.15, 0.2) is 5.82 Å². The van der Waals surface area contributed by atoms with Gasteiger partial charge in [0.05, 0.1) is 11.5 Å². The second-order valence-corrected chi connectivity index (χ2v) is 9.45. The van der Waals surface area contributed by atoms with E-state index >= 15 is 0 Å². The molecule has 1 N–H and O–H groups in total.